The zero-order chi connectivity index (χ0) is 16.5. The lowest BCUT2D eigenvalue weighted by molar-refractivity contribution is 0.253. The Morgan fingerprint density at radius 1 is 1.25 bits per heavy atom. The molecule has 4 nitrogen and oxygen atoms in total. The first-order valence-corrected chi connectivity index (χ1v) is 8.99. The van der Waals surface area contributed by atoms with Crippen LogP contribution in [0.2, 0.25) is 0 Å². The third-order valence-electron chi connectivity index (χ3n) is 4.43. The second-order valence-corrected chi connectivity index (χ2v) is 6.39. The third kappa shape index (κ3) is 6.97. The van der Waals surface area contributed by atoms with Crippen molar-refractivity contribution in [2.45, 2.75) is 51.5 Å². The Hall–Kier alpha value is -0.820. The number of hydrogen-bond acceptors (Lipinski definition) is 2. The molecule has 2 rings (SSSR count). The fraction of sp³-hybridized carbons (Fsp3) is 0.632. The van der Waals surface area contributed by atoms with Gasteiger partial charge in [0.1, 0.15) is 0 Å². The van der Waals surface area contributed by atoms with E-state index in [1.54, 1.807) is 0 Å². The van der Waals surface area contributed by atoms with Crippen LogP contribution in [-0.4, -0.2) is 36.8 Å². The first-order valence-electron chi connectivity index (χ1n) is 8.99. The first kappa shape index (κ1) is 21.2. The molecule has 0 spiro atoms. The third-order valence-corrected chi connectivity index (χ3v) is 4.43. The van der Waals surface area contributed by atoms with Crippen LogP contribution in [0, 0.1) is 5.92 Å². The topological polar surface area (TPSA) is 56.7 Å². The Morgan fingerprint density at radius 3 is 2.62 bits per heavy atom. The number of aliphatic imine (C=N–C) groups is 1. The van der Waals surface area contributed by atoms with Gasteiger partial charge in [0.15, 0.2) is 5.96 Å². The summed E-state index contributed by atoms with van der Waals surface area (Å²) in [7, 11) is 0. The second-order valence-electron chi connectivity index (χ2n) is 6.39. The maximum absolute atomic E-state index is 9.17. The summed E-state index contributed by atoms with van der Waals surface area (Å²) in [4.78, 5) is 4.74. The van der Waals surface area contributed by atoms with Gasteiger partial charge in [0.25, 0.3) is 0 Å². The summed E-state index contributed by atoms with van der Waals surface area (Å²) in [5.41, 5.74) is 1.41. The number of nitrogens with zero attached hydrogens (tertiary/aromatic N) is 1. The van der Waals surface area contributed by atoms with E-state index in [-0.39, 0.29) is 30.6 Å². The van der Waals surface area contributed by atoms with Crippen LogP contribution in [0.1, 0.15) is 51.0 Å². The molecule has 3 atom stereocenters. The largest absolute Gasteiger partial charge is 0.396 e. The number of hydrogen-bond donors (Lipinski definition) is 3. The summed E-state index contributed by atoms with van der Waals surface area (Å²) < 4.78 is 0. The maximum Gasteiger partial charge on any atom is 0.191 e. The Labute approximate surface area is 163 Å². The van der Waals surface area contributed by atoms with Crippen molar-refractivity contribution < 1.29 is 5.11 Å². The molecule has 0 saturated heterocycles. The van der Waals surface area contributed by atoms with Gasteiger partial charge in [0, 0.05) is 31.7 Å². The summed E-state index contributed by atoms with van der Waals surface area (Å²) in [5, 5.41) is 16.1. The molecule has 1 aliphatic carbocycles. The van der Waals surface area contributed by atoms with Gasteiger partial charge in [-0.05, 0) is 37.7 Å². The van der Waals surface area contributed by atoms with Gasteiger partial charge in [0.2, 0.25) is 0 Å². The molecule has 0 bridgehead atoms. The minimum atomic E-state index is 0. The normalized spacial score (nSPS) is 20.9. The van der Waals surface area contributed by atoms with E-state index < -0.39 is 0 Å². The summed E-state index contributed by atoms with van der Waals surface area (Å²) in [6, 6.07) is 11.2. The highest BCUT2D eigenvalue weighted by Gasteiger charge is 2.38. The molecule has 0 aliphatic heterocycles. The maximum atomic E-state index is 9.17. The van der Waals surface area contributed by atoms with Crippen molar-refractivity contribution in [3.63, 3.8) is 0 Å². The lowest BCUT2D eigenvalue weighted by Crippen LogP contribution is -2.39. The molecule has 1 saturated carbocycles. The molecular formula is C19H32IN3O. The van der Waals surface area contributed by atoms with E-state index in [0.717, 1.165) is 38.3 Å². The van der Waals surface area contributed by atoms with E-state index in [1.807, 2.05) is 0 Å². The van der Waals surface area contributed by atoms with Crippen molar-refractivity contribution >= 4 is 29.9 Å². The highest BCUT2D eigenvalue weighted by atomic mass is 127. The standard InChI is InChI=1S/C19H31N3O.HI/c1-3-8-15(11-12-23)14-21-19(20-4-2)22-18-13-17(18)16-9-6-5-7-10-16;/h5-7,9-10,15,17-18,23H,3-4,8,11-14H2,1-2H3,(H2,20,21,22);1H. The molecule has 0 amide bonds. The molecule has 136 valence electrons. The van der Waals surface area contributed by atoms with Gasteiger partial charge in [-0.15, -0.1) is 24.0 Å². The van der Waals surface area contributed by atoms with Crippen LogP contribution >= 0.6 is 24.0 Å². The van der Waals surface area contributed by atoms with Crippen LogP contribution < -0.4 is 10.6 Å². The first-order chi connectivity index (χ1) is 11.3. The lowest BCUT2D eigenvalue weighted by Gasteiger charge is -2.15. The summed E-state index contributed by atoms with van der Waals surface area (Å²) in [5.74, 6) is 1.99. The lowest BCUT2D eigenvalue weighted by atomic mass is 10.0. The minimum absolute atomic E-state index is 0. The van der Waals surface area contributed by atoms with E-state index in [9.17, 15) is 0 Å². The van der Waals surface area contributed by atoms with Crippen LogP contribution in [0.5, 0.6) is 0 Å². The number of nitrogens with one attached hydrogen (secondary N) is 2. The van der Waals surface area contributed by atoms with E-state index in [0.29, 0.717) is 17.9 Å². The number of guanidine groups is 1. The van der Waals surface area contributed by atoms with Gasteiger partial charge in [-0.2, -0.15) is 0 Å². The van der Waals surface area contributed by atoms with Crippen LogP contribution in [0.3, 0.4) is 0 Å². The van der Waals surface area contributed by atoms with Crippen molar-refractivity contribution in [2.75, 3.05) is 19.7 Å². The zero-order valence-corrected chi connectivity index (χ0v) is 17.2. The number of aliphatic hydroxyl groups excluding tert-OH is 1. The van der Waals surface area contributed by atoms with Crippen LogP contribution in [0.4, 0.5) is 0 Å². The van der Waals surface area contributed by atoms with Gasteiger partial charge in [-0.1, -0.05) is 43.7 Å². The fourth-order valence-corrected chi connectivity index (χ4v) is 3.06. The highest BCUT2D eigenvalue weighted by molar-refractivity contribution is 14.0. The van der Waals surface area contributed by atoms with Crippen LogP contribution in [0.25, 0.3) is 0 Å². The predicted octanol–water partition coefficient (Wildman–Crippen LogP) is 3.51. The zero-order valence-electron chi connectivity index (χ0n) is 14.9. The number of benzene rings is 1. The quantitative estimate of drug-likeness (QED) is 0.310. The van der Waals surface area contributed by atoms with Gasteiger partial charge in [0.05, 0.1) is 0 Å². The molecule has 3 unspecified atom stereocenters. The van der Waals surface area contributed by atoms with Gasteiger partial charge >= 0.3 is 0 Å². The molecule has 0 heterocycles. The Kier molecular flexibility index (Phi) is 10.3. The molecule has 1 aromatic rings. The van der Waals surface area contributed by atoms with Crippen molar-refractivity contribution in [3.05, 3.63) is 35.9 Å². The molecule has 1 fully saturated rings. The Balaban J connectivity index is 0.00000288. The average Bonchev–Trinajstić information content (AvgIpc) is 3.33. The summed E-state index contributed by atoms with van der Waals surface area (Å²) in [6.45, 7) is 6.19. The van der Waals surface area contributed by atoms with Crippen molar-refractivity contribution in [2.24, 2.45) is 10.9 Å². The van der Waals surface area contributed by atoms with Gasteiger partial charge in [-0.25, -0.2) is 0 Å². The number of aliphatic hydroxyl groups is 1. The molecule has 1 aromatic carbocycles. The van der Waals surface area contributed by atoms with E-state index >= 15 is 0 Å². The van der Waals surface area contributed by atoms with Crippen molar-refractivity contribution in [1.29, 1.82) is 0 Å². The summed E-state index contributed by atoms with van der Waals surface area (Å²) in [6.07, 6.45) is 4.28. The molecule has 1 aliphatic rings. The van der Waals surface area contributed by atoms with Gasteiger partial charge in [-0.3, -0.25) is 4.99 Å². The van der Waals surface area contributed by atoms with Gasteiger partial charge < -0.3 is 15.7 Å². The molecule has 24 heavy (non-hydrogen) atoms. The molecule has 0 radical (unpaired) electrons. The van der Waals surface area contributed by atoms with E-state index in [2.05, 4.69) is 54.8 Å². The smallest absolute Gasteiger partial charge is 0.191 e. The van der Waals surface area contributed by atoms with Crippen LogP contribution in [0.15, 0.2) is 35.3 Å². The van der Waals surface area contributed by atoms with Crippen molar-refractivity contribution in [3.8, 4) is 0 Å². The average molecular weight is 445 g/mol. The van der Waals surface area contributed by atoms with Crippen LogP contribution in [-0.2, 0) is 0 Å². The van der Waals surface area contributed by atoms with E-state index in [4.69, 9.17) is 10.1 Å². The Bertz CT molecular complexity index is 475. The highest BCUT2D eigenvalue weighted by Crippen LogP contribution is 2.40. The molecule has 0 aromatic heterocycles. The molecule has 5 heteroatoms. The Morgan fingerprint density at radius 2 is 2.00 bits per heavy atom. The van der Waals surface area contributed by atoms with E-state index in [1.165, 1.54) is 12.0 Å². The number of rotatable bonds is 9. The fourth-order valence-electron chi connectivity index (χ4n) is 3.06. The molecule has 3 N–H and O–H groups in total. The summed E-state index contributed by atoms with van der Waals surface area (Å²) >= 11 is 0. The molecular weight excluding hydrogens is 413 g/mol. The second kappa shape index (κ2) is 11.7. The number of halogens is 1. The minimum Gasteiger partial charge on any atom is -0.396 e. The monoisotopic (exact) mass is 445 g/mol. The SMILES string of the molecule is CCCC(CCO)CN=C(NCC)NC1CC1c1ccccc1.I. The van der Waals surface area contributed by atoms with Crippen molar-refractivity contribution in [1.82, 2.24) is 10.6 Å². The predicted molar refractivity (Wildman–Crippen MR) is 112 cm³/mol.